The highest BCUT2D eigenvalue weighted by Gasteiger charge is 2.63. The topological polar surface area (TPSA) is 106 Å². The largest absolute Gasteiger partial charge is 0.456 e. The summed E-state index contributed by atoms with van der Waals surface area (Å²) < 4.78 is 16.5. The molecular formula is C29H19ClN4O5. The summed E-state index contributed by atoms with van der Waals surface area (Å²) >= 11 is 6.55. The lowest BCUT2D eigenvalue weighted by atomic mass is 9.67. The van der Waals surface area contributed by atoms with E-state index in [0.717, 1.165) is 11.1 Å². The van der Waals surface area contributed by atoms with Gasteiger partial charge in [0.05, 0.1) is 23.5 Å². The predicted molar refractivity (Wildman–Crippen MR) is 142 cm³/mol. The summed E-state index contributed by atoms with van der Waals surface area (Å²) in [6.45, 7) is 0.419. The zero-order chi connectivity index (χ0) is 26.3. The third kappa shape index (κ3) is 2.93. The van der Waals surface area contributed by atoms with Crippen molar-refractivity contribution in [1.82, 2.24) is 10.2 Å². The number of carbonyl (C=O) groups is 2. The smallest absolute Gasteiger partial charge is 0.338 e. The van der Waals surface area contributed by atoms with Crippen LogP contribution in [0.3, 0.4) is 0 Å². The van der Waals surface area contributed by atoms with Gasteiger partial charge in [-0.15, -0.1) is 0 Å². The van der Waals surface area contributed by atoms with Crippen LogP contribution in [0.1, 0.15) is 16.7 Å². The molecule has 1 unspecified atom stereocenters. The first kappa shape index (κ1) is 22.2. The summed E-state index contributed by atoms with van der Waals surface area (Å²) in [5, 5.41) is 11.4. The molecule has 1 atom stereocenters. The van der Waals surface area contributed by atoms with Crippen LogP contribution < -0.4 is 19.7 Å². The number of carbonyl (C=O) groups excluding carboxylic acids is 2. The number of rotatable bonds is 3. The number of hydrogen-bond donors (Lipinski definition) is 2. The SMILES string of the molecule is O=C1OCC2=C1C1(C(=O)N(Cc3ccc4c(c3)OCO4)c3ccc(Cl)cc31)c1c(n[nH]c1-c1ccccc1)N2. The quantitative estimate of drug-likeness (QED) is 0.369. The highest BCUT2D eigenvalue weighted by Crippen LogP contribution is 2.58. The normalized spacial score (nSPS) is 20.2. The van der Waals surface area contributed by atoms with Crippen molar-refractivity contribution in [3.8, 4) is 22.8 Å². The molecule has 1 aromatic heterocycles. The number of aromatic nitrogens is 2. The second-order valence-corrected chi connectivity index (χ2v) is 10.2. The van der Waals surface area contributed by atoms with Gasteiger partial charge >= 0.3 is 5.97 Å². The first-order chi connectivity index (χ1) is 19.1. The number of ether oxygens (including phenoxy) is 3. The molecule has 5 heterocycles. The molecule has 0 aliphatic carbocycles. The van der Waals surface area contributed by atoms with Gasteiger partial charge in [-0.05, 0) is 41.5 Å². The monoisotopic (exact) mass is 538 g/mol. The molecule has 0 saturated carbocycles. The lowest BCUT2D eigenvalue weighted by Crippen LogP contribution is -2.46. The van der Waals surface area contributed by atoms with E-state index in [2.05, 4.69) is 15.5 Å². The second kappa shape index (κ2) is 7.87. The summed E-state index contributed by atoms with van der Waals surface area (Å²) in [5.74, 6) is 0.917. The lowest BCUT2D eigenvalue weighted by Gasteiger charge is -2.33. The Morgan fingerprint density at radius 1 is 0.974 bits per heavy atom. The Labute approximate surface area is 226 Å². The van der Waals surface area contributed by atoms with Crippen LogP contribution in [-0.2, 0) is 26.3 Å². The van der Waals surface area contributed by atoms with Gasteiger partial charge < -0.3 is 24.4 Å². The van der Waals surface area contributed by atoms with E-state index in [9.17, 15) is 9.59 Å². The Hall–Kier alpha value is -4.76. The third-order valence-corrected chi connectivity index (χ3v) is 7.93. The highest BCUT2D eigenvalue weighted by molar-refractivity contribution is 6.31. The maximum absolute atomic E-state index is 14.9. The molecule has 39 heavy (non-hydrogen) atoms. The number of nitrogens with zero attached hydrogens (tertiary/aromatic N) is 2. The number of hydrogen-bond acceptors (Lipinski definition) is 7. The molecule has 0 radical (unpaired) electrons. The number of esters is 1. The summed E-state index contributed by atoms with van der Waals surface area (Å²) in [7, 11) is 0. The zero-order valence-electron chi connectivity index (χ0n) is 20.3. The zero-order valence-corrected chi connectivity index (χ0v) is 21.0. The van der Waals surface area contributed by atoms with Gasteiger partial charge in [-0.25, -0.2) is 4.79 Å². The van der Waals surface area contributed by atoms with E-state index >= 15 is 0 Å². The number of aromatic amines is 1. The number of H-pyrrole nitrogens is 1. The van der Waals surface area contributed by atoms with E-state index in [1.165, 1.54) is 0 Å². The van der Waals surface area contributed by atoms with Crippen LogP contribution in [0.4, 0.5) is 11.5 Å². The first-order valence-electron chi connectivity index (χ1n) is 12.4. The number of halogens is 1. The molecule has 10 heteroatoms. The van der Waals surface area contributed by atoms with E-state index in [1.54, 1.807) is 17.0 Å². The second-order valence-electron chi connectivity index (χ2n) is 9.73. The fourth-order valence-corrected chi connectivity index (χ4v) is 6.27. The van der Waals surface area contributed by atoms with E-state index in [4.69, 9.17) is 25.8 Å². The molecule has 0 bridgehead atoms. The molecule has 4 aliphatic rings. The number of nitrogens with one attached hydrogen (secondary N) is 2. The van der Waals surface area contributed by atoms with Gasteiger partial charge in [0.1, 0.15) is 12.0 Å². The summed E-state index contributed by atoms with van der Waals surface area (Å²) in [4.78, 5) is 30.0. The van der Waals surface area contributed by atoms with Gasteiger partial charge in [-0.2, -0.15) is 5.10 Å². The molecule has 8 rings (SSSR count). The van der Waals surface area contributed by atoms with Crippen LogP contribution in [0, 0.1) is 0 Å². The predicted octanol–water partition coefficient (Wildman–Crippen LogP) is 4.53. The Morgan fingerprint density at radius 3 is 2.69 bits per heavy atom. The van der Waals surface area contributed by atoms with Crippen LogP contribution in [-0.4, -0.2) is 35.5 Å². The third-order valence-electron chi connectivity index (χ3n) is 7.70. The van der Waals surface area contributed by atoms with Crippen molar-refractivity contribution >= 4 is 35.0 Å². The van der Waals surface area contributed by atoms with Gasteiger partial charge in [-0.3, -0.25) is 9.89 Å². The molecule has 192 valence electrons. The Bertz CT molecular complexity index is 1760. The van der Waals surface area contributed by atoms with E-state index in [0.29, 0.717) is 50.5 Å². The van der Waals surface area contributed by atoms with Crippen LogP contribution in [0.25, 0.3) is 11.3 Å². The molecule has 4 aromatic rings. The molecular weight excluding hydrogens is 520 g/mol. The minimum atomic E-state index is -1.52. The molecule has 0 saturated heterocycles. The summed E-state index contributed by atoms with van der Waals surface area (Å²) in [6, 6.07) is 20.5. The molecule has 0 fully saturated rings. The van der Waals surface area contributed by atoms with Gasteiger partial charge in [0.2, 0.25) is 12.7 Å². The molecule has 9 nitrogen and oxygen atoms in total. The van der Waals surface area contributed by atoms with Crippen molar-refractivity contribution in [3.05, 3.63) is 99.7 Å². The van der Waals surface area contributed by atoms with Crippen LogP contribution in [0.15, 0.2) is 78.0 Å². The number of anilines is 2. The number of amides is 1. The summed E-state index contributed by atoms with van der Waals surface area (Å²) in [6.07, 6.45) is 0. The average Bonchev–Trinajstić information content (AvgIpc) is 3.72. The van der Waals surface area contributed by atoms with Crippen molar-refractivity contribution < 1.29 is 23.8 Å². The Kier molecular flexibility index (Phi) is 4.49. The van der Waals surface area contributed by atoms with E-state index in [-0.39, 0.29) is 31.4 Å². The minimum Gasteiger partial charge on any atom is -0.456 e. The van der Waals surface area contributed by atoms with Crippen LogP contribution in [0.2, 0.25) is 5.02 Å². The van der Waals surface area contributed by atoms with Crippen molar-refractivity contribution in [1.29, 1.82) is 0 Å². The maximum Gasteiger partial charge on any atom is 0.338 e. The molecule has 1 spiro atoms. The first-order valence-corrected chi connectivity index (χ1v) is 12.8. The molecule has 4 aliphatic heterocycles. The van der Waals surface area contributed by atoms with E-state index in [1.807, 2.05) is 54.6 Å². The molecule has 2 N–H and O–H groups in total. The van der Waals surface area contributed by atoms with Gasteiger partial charge in [-0.1, -0.05) is 48.0 Å². The van der Waals surface area contributed by atoms with Crippen LogP contribution in [0.5, 0.6) is 11.5 Å². The fraction of sp³-hybridized carbons (Fsp3) is 0.138. The minimum absolute atomic E-state index is 0.0221. The van der Waals surface area contributed by atoms with Crippen LogP contribution >= 0.6 is 11.6 Å². The highest BCUT2D eigenvalue weighted by atomic mass is 35.5. The average molecular weight is 539 g/mol. The van der Waals surface area contributed by atoms with Gasteiger partial charge in [0.15, 0.2) is 17.3 Å². The number of cyclic esters (lactones) is 1. The molecule has 3 aromatic carbocycles. The van der Waals surface area contributed by atoms with Crippen molar-refractivity contribution in [3.63, 3.8) is 0 Å². The van der Waals surface area contributed by atoms with Crippen molar-refractivity contribution in [2.45, 2.75) is 12.0 Å². The van der Waals surface area contributed by atoms with Gasteiger partial charge in [0.25, 0.3) is 0 Å². The lowest BCUT2D eigenvalue weighted by molar-refractivity contribution is -0.137. The number of benzene rings is 3. The maximum atomic E-state index is 14.9. The standard InChI is InChI=1S/C29H19ClN4O5/c30-17-7-8-20-18(11-17)29(28(36)34(20)12-15-6-9-21-22(10-15)39-14-38-21)23-19(13-37-27(23)35)31-26-24(29)25(32-33-26)16-4-2-1-3-5-16/h1-11H,12-14H2,(H2,31,32,33). The Balaban J connectivity index is 1.38. The summed E-state index contributed by atoms with van der Waals surface area (Å²) in [5.41, 5.74) is 3.39. The fourth-order valence-electron chi connectivity index (χ4n) is 6.10. The number of fused-ring (bicyclic) bond motifs is 6. The van der Waals surface area contributed by atoms with Crippen molar-refractivity contribution in [2.75, 3.05) is 23.6 Å². The van der Waals surface area contributed by atoms with Gasteiger partial charge in [0, 0.05) is 21.8 Å². The Morgan fingerprint density at radius 2 is 1.82 bits per heavy atom. The molecule has 1 amide bonds. The van der Waals surface area contributed by atoms with E-state index < -0.39 is 11.4 Å². The van der Waals surface area contributed by atoms with Crippen molar-refractivity contribution in [2.24, 2.45) is 0 Å².